The Bertz CT molecular complexity index is 53.5. The van der Waals surface area contributed by atoms with Gasteiger partial charge < -0.3 is 0 Å². The minimum atomic E-state index is 0.931. The van der Waals surface area contributed by atoms with Crippen molar-refractivity contribution in [2.45, 2.75) is 41.0 Å². The number of rotatable bonds is 3. The maximum atomic E-state index is 4.02. The molecule has 0 heterocycles. The molecule has 0 unspecified atom stereocenters. The predicted molar refractivity (Wildman–Crippen MR) is 60.2 cm³/mol. The highest BCUT2D eigenvalue weighted by Crippen LogP contribution is 1.82. The summed E-state index contributed by atoms with van der Waals surface area (Å²) < 4.78 is 0. The highest BCUT2D eigenvalue weighted by Gasteiger charge is 1.74. The number of thiol groups is 1. The molecule has 1 nitrogen and oxygen atoms in total. The van der Waals surface area contributed by atoms with E-state index in [1.807, 2.05) is 40.8 Å². The molecule has 0 radical (unpaired) electrons. The second-order valence-corrected chi connectivity index (χ2v) is 1.69. The van der Waals surface area contributed by atoms with Crippen LogP contribution in [0.5, 0.6) is 0 Å². The molecule has 0 spiro atoms. The van der Waals surface area contributed by atoms with Gasteiger partial charge >= 0.3 is 0 Å². The third-order valence-electron chi connectivity index (χ3n) is 0.628. The van der Waals surface area contributed by atoms with Crippen LogP contribution >= 0.6 is 12.6 Å². The number of aliphatic imine (C=N–C) groups is 1. The highest BCUT2D eigenvalue weighted by molar-refractivity contribution is 7.80. The highest BCUT2D eigenvalue weighted by atomic mass is 32.1. The standard InChI is InChI=1S/C5H11NS.2C2H6/c1-2-6-4-3-5-7;2*1-2/h2,7H,3-5H2,1H3;2*1-2H3. The van der Waals surface area contributed by atoms with Crippen molar-refractivity contribution in [3.63, 3.8) is 0 Å². The van der Waals surface area contributed by atoms with Crippen LogP contribution in [0.25, 0.3) is 0 Å². The molecule has 0 amide bonds. The van der Waals surface area contributed by atoms with E-state index in [0.29, 0.717) is 0 Å². The van der Waals surface area contributed by atoms with E-state index < -0.39 is 0 Å². The maximum Gasteiger partial charge on any atom is 0.0393 e. The lowest BCUT2D eigenvalue weighted by molar-refractivity contribution is 0.950. The SMILES string of the molecule is CC.CC.CC=NCCCS. The van der Waals surface area contributed by atoms with E-state index >= 15 is 0 Å². The Kier molecular flexibility index (Phi) is 50.6. The third kappa shape index (κ3) is 39.9. The van der Waals surface area contributed by atoms with E-state index in [0.717, 1.165) is 18.7 Å². The Morgan fingerprint density at radius 1 is 1.18 bits per heavy atom. The zero-order valence-corrected chi connectivity index (χ0v) is 9.49. The zero-order chi connectivity index (χ0) is 9.54. The summed E-state index contributed by atoms with van der Waals surface area (Å²) in [7, 11) is 0. The lowest BCUT2D eigenvalue weighted by Gasteiger charge is -1.84. The Balaban J connectivity index is -0.000000138. The second-order valence-electron chi connectivity index (χ2n) is 1.24. The number of nitrogens with zero attached hydrogens (tertiary/aromatic N) is 1. The van der Waals surface area contributed by atoms with Crippen LogP contribution in [-0.4, -0.2) is 18.5 Å². The Hall–Kier alpha value is 0.0200. The maximum absolute atomic E-state index is 4.02. The van der Waals surface area contributed by atoms with Gasteiger partial charge in [0.15, 0.2) is 0 Å². The summed E-state index contributed by atoms with van der Waals surface area (Å²) in [5.41, 5.74) is 0. The molecule has 2 heteroatoms. The largest absolute Gasteiger partial charge is 0.298 e. The molecule has 0 aliphatic carbocycles. The van der Waals surface area contributed by atoms with Crippen LogP contribution in [-0.2, 0) is 0 Å². The quantitative estimate of drug-likeness (QED) is 0.385. The summed E-state index contributed by atoms with van der Waals surface area (Å²) in [5, 5.41) is 0. The topological polar surface area (TPSA) is 12.4 Å². The van der Waals surface area contributed by atoms with Gasteiger partial charge in [0.1, 0.15) is 0 Å². The summed E-state index contributed by atoms with van der Waals surface area (Å²) in [6.07, 6.45) is 2.91. The molecule has 0 rings (SSSR count). The van der Waals surface area contributed by atoms with Gasteiger partial charge in [0, 0.05) is 6.54 Å². The monoisotopic (exact) mass is 177 g/mol. The molecule has 11 heavy (non-hydrogen) atoms. The molecule has 0 aromatic heterocycles. The molecule has 70 valence electrons. The van der Waals surface area contributed by atoms with Crippen LogP contribution in [0.1, 0.15) is 41.0 Å². The summed E-state index contributed by atoms with van der Waals surface area (Å²) in [6.45, 7) is 10.9. The molecule has 0 aliphatic heterocycles. The molecule has 0 atom stereocenters. The van der Waals surface area contributed by atoms with Crippen molar-refractivity contribution in [1.82, 2.24) is 0 Å². The van der Waals surface area contributed by atoms with Crippen molar-refractivity contribution in [1.29, 1.82) is 0 Å². The van der Waals surface area contributed by atoms with Gasteiger partial charge in [-0.2, -0.15) is 12.6 Å². The molecule has 0 aliphatic rings. The van der Waals surface area contributed by atoms with Gasteiger partial charge in [-0.1, -0.05) is 27.7 Å². The molecule has 0 N–H and O–H groups in total. The van der Waals surface area contributed by atoms with E-state index in [1.54, 1.807) is 0 Å². The number of hydrogen-bond donors (Lipinski definition) is 1. The van der Waals surface area contributed by atoms with Crippen LogP contribution in [0.15, 0.2) is 4.99 Å². The van der Waals surface area contributed by atoms with Crippen LogP contribution < -0.4 is 0 Å². The molecule has 0 aromatic rings. The fourth-order valence-electron chi connectivity index (χ4n) is 0.291. The van der Waals surface area contributed by atoms with Crippen LogP contribution in [0, 0.1) is 0 Å². The first-order chi connectivity index (χ1) is 5.41. The van der Waals surface area contributed by atoms with Crippen molar-refractivity contribution >= 4 is 18.8 Å². The molecular weight excluding hydrogens is 154 g/mol. The number of hydrogen-bond acceptors (Lipinski definition) is 2. The third-order valence-corrected chi connectivity index (χ3v) is 0.944. The van der Waals surface area contributed by atoms with E-state index in [9.17, 15) is 0 Å². The molecule has 0 saturated carbocycles. The summed E-state index contributed by atoms with van der Waals surface area (Å²) in [5.74, 6) is 0.942. The van der Waals surface area contributed by atoms with Crippen LogP contribution in [0.3, 0.4) is 0 Å². The van der Waals surface area contributed by atoms with E-state index in [2.05, 4.69) is 17.6 Å². The van der Waals surface area contributed by atoms with Gasteiger partial charge in [0.2, 0.25) is 0 Å². The zero-order valence-electron chi connectivity index (χ0n) is 8.59. The first kappa shape index (κ1) is 17.2. The summed E-state index contributed by atoms with van der Waals surface area (Å²) in [6, 6.07) is 0. The van der Waals surface area contributed by atoms with E-state index in [4.69, 9.17) is 0 Å². The normalized spacial score (nSPS) is 7.82. The van der Waals surface area contributed by atoms with Gasteiger partial charge in [0.25, 0.3) is 0 Å². The average molecular weight is 177 g/mol. The Morgan fingerprint density at radius 2 is 1.64 bits per heavy atom. The fourth-order valence-corrected chi connectivity index (χ4v) is 0.433. The molecule has 0 saturated heterocycles. The molecular formula is C9H23NS. The second kappa shape index (κ2) is 32.3. The Labute approximate surface area is 77.7 Å². The van der Waals surface area contributed by atoms with Gasteiger partial charge in [-0.25, -0.2) is 0 Å². The van der Waals surface area contributed by atoms with Crippen molar-refractivity contribution in [3.05, 3.63) is 0 Å². The van der Waals surface area contributed by atoms with Crippen molar-refractivity contribution < 1.29 is 0 Å². The lowest BCUT2D eigenvalue weighted by Crippen LogP contribution is -1.79. The van der Waals surface area contributed by atoms with Crippen LogP contribution in [0.4, 0.5) is 0 Å². The first-order valence-corrected chi connectivity index (χ1v) is 5.10. The van der Waals surface area contributed by atoms with Crippen LogP contribution in [0.2, 0.25) is 0 Å². The van der Waals surface area contributed by atoms with Gasteiger partial charge in [-0.05, 0) is 25.3 Å². The summed E-state index contributed by atoms with van der Waals surface area (Å²) >= 11 is 4.02. The van der Waals surface area contributed by atoms with E-state index in [1.165, 1.54) is 0 Å². The van der Waals surface area contributed by atoms with Crippen molar-refractivity contribution in [2.75, 3.05) is 12.3 Å². The van der Waals surface area contributed by atoms with Gasteiger partial charge in [-0.15, -0.1) is 0 Å². The fraction of sp³-hybridized carbons (Fsp3) is 0.889. The van der Waals surface area contributed by atoms with E-state index in [-0.39, 0.29) is 0 Å². The Morgan fingerprint density at radius 3 is 1.91 bits per heavy atom. The minimum Gasteiger partial charge on any atom is -0.298 e. The average Bonchev–Trinajstić information content (AvgIpc) is 2.13. The molecule has 0 aromatic carbocycles. The first-order valence-electron chi connectivity index (χ1n) is 4.47. The van der Waals surface area contributed by atoms with Gasteiger partial charge in [-0.3, -0.25) is 4.99 Å². The smallest absolute Gasteiger partial charge is 0.0393 e. The predicted octanol–water partition coefficient (Wildman–Crippen LogP) is 3.45. The van der Waals surface area contributed by atoms with Gasteiger partial charge in [0.05, 0.1) is 0 Å². The van der Waals surface area contributed by atoms with Crippen molar-refractivity contribution in [2.24, 2.45) is 4.99 Å². The molecule has 0 fully saturated rings. The minimum absolute atomic E-state index is 0.931. The molecule has 0 bridgehead atoms. The lowest BCUT2D eigenvalue weighted by atomic mass is 10.5. The summed E-state index contributed by atoms with van der Waals surface area (Å²) in [4.78, 5) is 3.99. The van der Waals surface area contributed by atoms with Crippen molar-refractivity contribution in [3.8, 4) is 0 Å².